The van der Waals surface area contributed by atoms with Gasteiger partial charge in [-0.15, -0.1) is 10.2 Å². The smallest absolute Gasteiger partial charge is 0.410 e. The lowest BCUT2D eigenvalue weighted by Gasteiger charge is -2.29. The Morgan fingerprint density at radius 1 is 1.25 bits per heavy atom. The van der Waals surface area contributed by atoms with Crippen molar-refractivity contribution in [3.63, 3.8) is 0 Å². The van der Waals surface area contributed by atoms with E-state index in [1.165, 1.54) is 5.57 Å². The molecule has 1 aromatic heterocycles. The third-order valence-corrected chi connectivity index (χ3v) is 3.81. The number of rotatable bonds is 1. The number of ether oxygens (including phenoxy) is 1. The SMILES string of the molecule is CC(C)(C)OC(=O)N1CC=C(c2ccc3cc(O)nnc3c2)CC1. The van der Waals surface area contributed by atoms with Crippen LogP contribution in [0.4, 0.5) is 4.79 Å². The summed E-state index contributed by atoms with van der Waals surface area (Å²) in [5.41, 5.74) is 2.49. The summed E-state index contributed by atoms with van der Waals surface area (Å²) in [7, 11) is 0. The maximum atomic E-state index is 12.1. The lowest BCUT2D eigenvalue weighted by atomic mass is 9.98. The topological polar surface area (TPSA) is 75.5 Å². The molecule has 0 atom stereocenters. The maximum absolute atomic E-state index is 12.1. The van der Waals surface area contributed by atoms with E-state index < -0.39 is 5.60 Å². The van der Waals surface area contributed by atoms with Crippen molar-refractivity contribution in [1.82, 2.24) is 15.1 Å². The number of aromatic nitrogens is 2. The fraction of sp³-hybridized carbons (Fsp3) is 0.389. The maximum Gasteiger partial charge on any atom is 0.410 e. The highest BCUT2D eigenvalue weighted by molar-refractivity contribution is 5.84. The summed E-state index contributed by atoms with van der Waals surface area (Å²) in [4.78, 5) is 13.8. The third-order valence-electron chi connectivity index (χ3n) is 3.81. The summed E-state index contributed by atoms with van der Waals surface area (Å²) in [6.45, 7) is 6.75. The molecule has 1 aromatic carbocycles. The number of hydrogen-bond donors (Lipinski definition) is 1. The summed E-state index contributed by atoms with van der Waals surface area (Å²) >= 11 is 0. The molecule has 0 saturated heterocycles. The molecule has 0 fully saturated rings. The molecule has 2 aromatic rings. The fourth-order valence-corrected chi connectivity index (χ4v) is 2.65. The number of carbonyl (C=O) groups is 1. The Labute approximate surface area is 140 Å². The zero-order valence-electron chi connectivity index (χ0n) is 14.1. The first-order chi connectivity index (χ1) is 11.3. The molecule has 0 saturated carbocycles. The van der Waals surface area contributed by atoms with Crippen LogP contribution >= 0.6 is 0 Å². The predicted octanol–water partition coefficient (Wildman–Crippen LogP) is 3.36. The van der Waals surface area contributed by atoms with Gasteiger partial charge in [-0.25, -0.2) is 4.79 Å². The van der Waals surface area contributed by atoms with Crippen LogP contribution < -0.4 is 0 Å². The number of amides is 1. The van der Waals surface area contributed by atoms with Crippen molar-refractivity contribution in [3.8, 4) is 5.88 Å². The normalized spacial score (nSPS) is 15.3. The molecule has 0 unspecified atom stereocenters. The average molecular weight is 327 g/mol. The van der Waals surface area contributed by atoms with Gasteiger partial charge in [0.2, 0.25) is 5.88 Å². The molecule has 0 bridgehead atoms. The van der Waals surface area contributed by atoms with Crippen LogP contribution in [0.15, 0.2) is 30.3 Å². The van der Waals surface area contributed by atoms with E-state index in [1.54, 1.807) is 11.0 Å². The Hall–Kier alpha value is -2.63. The van der Waals surface area contributed by atoms with Crippen LogP contribution in [0, 0.1) is 0 Å². The van der Waals surface area contributed by atoms with E-state index in [9.17, 15) is 9.90 Å². The number of fused-ring (bicyclic) bond motifs is 1. The van der Waals surface area contributed by atoms with Crippen molar-refractivity contribution in [2.45, 2.75) is 32.8 Å². The molecule has 2 heterocycles. The van der Waals surface area contributed by atoms with Gasteiger partial charge in [-0.1, -0.05) is 18.2 Å². The van der Waals surface area contributed by atoms with Gasteiger partial charge in [-0.2, -0.15) is 0 Å². The van der Waals surface area contributed by atoms with Crippen LogP contribution in [0.25, 0.3) is 16.5 Å². The van der Waals surface area contributed by atoms with Gasteiger partial charge in [0, 0.05) is 24.5 Å². The Morgan fingerprint density at radius 2 is 2.04 bits per heavy atom. The van der Waals surface area contributed by atoms with Crippen molar-refractivity contribution in [1.29, 1.82) is 0 Å². The second-order valence-electron chi connectivity index (χ2n) is 6.88. The summed E-state index contributed by atoms with van der Waals surface area (Å²) in [5, 5.41) is 17.9. The zero-order chi connectivity index (χ0) is 17.3. The molecule has 1 aliphatic heterocycles. The van der Waals surface area contributed by atoms with E-state index in [0.29, 0.717) is 13.1 Å². The molecule has 24 heavy (non-hydrogen) atoms. The van der Waals surface area contributed by atoms with Crippen LogP contribution in [0.1, 0.15) is 32.8 Å². The first kappa shape index (κ1) is 16.2. The highest BCUT2D eigenvalue weighted by Crippen LogP contribution is 2.26. The van der Waals surface area contributed by atoms with Crippen LogP contribution in [-0.4, -0.2) is 45.0 Å². The number of benzene rings is 1. The Bertz CT molecular complexity index is 809. The van der Waals surface area contributed by atoms with Gasteiger partial charge >= 0.3 is 6.09 Å². The van der Waals surface area contributed by atoms with Gasteiger partial charge in [0.1, 0.15) is 5.60 Å². The summed E-state index contributed by atoms with van der Waals surface area (Å²) < 4.78 is 5.40. The van der Waals surface area contributed by atoms with Crippen LogP contribution in [0.3, 0.4) is 0 Å². The molecule has 1 aliphatic rings. The van der Waals surface area contributed by atoms with Crippen molar-refractivity contribution < 1.29 is 14.6 Å². The fourth-order valence-electron chi connectivity index (χ4n) is 2.65. The molecule has 0 spiro atoms. The lowest BCUT2D eigenvalue weighted by Crippen LogP contribution is -2.39. The number of carbonyl (C=O) groups excluding carboxylic acids is 1. The van der Waals surface area contributed by atoms with Gasteiger partial charge in [0.25, 0.3) is 0 Å². The monoisotopic (exact) mass is 327 g/mol. The largest absolute Gasteiger partial charge is 0.492 e. The minimum atomic E-state index is -0.482. The first-order valence-electron chi connectivity index (χ1n) is 7.96. The Kier molecular flexibility index (Phi) is 4.13. The van der Waals surface area contributed by atoms with Crippen molar-refractivity contribution in [2.75, 3.05) is 13.1 Å². The van der Waals surface area contributed by atoms with E-state index in [0.717, 1.165) is 22.9 Å². The van der Waals surface area contributed by atoms with Gasteiger partial charge in [-0.3, -0.25) is 0 Å². The minimum Gasteiger partial charge on any atom is -0.492 e. The number of hydrogen-bond acceptors (Lipinski definition) is 5. The molecule has 0 aliphatic carbocycles. The molecular weight excluding hydrogens is 306 g/mol. The molecule has 126 valence electrons. The van der Waals surface area contributed by atoms with E-state index in [-0.39, 0.29) is 12.0 Å². The zero-order valence-corrected chi connectivity index (χ0v) is 14.1. The summed E-state index contributed by atoms with van der Waals surface area (Å²) in [5.74, 6) is -0.0832. The molecule has 1 N–H and O–H groups in total. The van der Waals surface area contributed by atoms with Gasteiger partial charge in [-0.05, 0) is 44.4 Å². The van der Waals surface area contributed by atoms with Crippen LogP contribution in [-0.2, 0) is 4.74 Å². The predicted molar refractivity (Wildman–Crippen MR) is 91.6 cm³/mol. The molecular formula is C18H21N3O3. The van der Waals surface area contributed by atoms with Gasteiger partial charge in [0.15, 0.2) is 0 Å². The Balaban J connectivity index is 1.75. The lowest BCUT2D eigenvalue weighted by molar-refractivity contribution is 0.0270. The van der Waals surface area contributed by atoms with E-state index in [1.807, 2.05) is 45.0 Å². The first-order valence-corrected chi connectivity index (χ1v) is 7.96. The average Bonchev–Trinajstić information content (AvgIpc) is 2.53. The second kappa shape index (κ2) is 6.11. The summed E-state index contributed by atoms with van der Waals surface area (Å²) in [6, 6.07) is 7.46. The molecule has 3 rings (SSSR count). The van der Waals surface area contributed by atoms with E-state index in [2.05, 4.69) is 10.2 Å². The molecule has 1 amide bonds. The summed E-state index contributed by atoms with van der Waals surface area (Å²) in [6.07, 6.45) is 2.52. The molecule has 6 nitrogen and oxygen atoms in total. The molecule has 6 heteroatoms. The quantitative estimate of drug-likeness (QED) is 0.869. The van der Waals surface area contributed by atoms with Crippen LogP contribution in [0.5, 0.6) is 5.88 Å². The highest BCUT2D eigenvalue weighted by Gasteiger charge is 2.23. The second-order valence-corrected chi connectivity index (χ2v) is 6.88. The minimum absolute atomic E-state index is 0.0832. The standard InChI is InChI=1S/C18H21N3O3/c1-18(2,3)24-17(23)21-8-6-12(7-9-21)13-4-5-14-11-16(22)20-19-15(14)10-13/h4-6,10-11H,7-9H2,1-3H3,(H,20,22). The van der Waals surface area contributed by atoms with E-state index in [4.69, 9.17) is 4.74 Å². The van der Waals surface area contributed by atoms with Crippen molar-refractivity contribution >= 4 is 22.6 Å². The van der Waals surface area contributed by atoms with Gasteiger partial charge < -0.3 is 14.7 Å². The van der Waals surface area contributed by atoms with Crippen LogP contribution in [0.2, 0.25) is 0 Å². The van der Waals surface area contributed by atoms with Crippen molar-refractivity contribution in [2.24, 2.45) is 0 Å². The van der Waals surface area contributed by atoms with Crippen molar-refractivity contribution in [3.05, 3.63) is 35.9 Å². The number of nitrogens with zero attached hydrogens (tertiary/aromatic N) is 3. The molecule has 0 radical (unpaired) electrons. The third kappa shape index (κ3) is 3.64. The number of aromatic hydroxyl groups is 1. The highest BCUT2D eigenvalue weighted by atomic mass is 16.6. The Morgan fingerprint density at radius 3 is 2.71 bits per heavy atom. The van der Waals surface area contributed by atoms with E-state index >= 15 is 0 Å². The van der Waals surface area contributed by atoms with Gasteiger partial charge in [0.05, 0.1) is 5.52 Å².